The van der Waals surface area contributed by atoms with Crippen LogP contribution in [-0.2, 0) is 11.2 Å². The highest BCUT2D eigenvalue weighted by Gasteiger charge is 2.21. The Hall–Kier alpha value is -2.82. The predicted molar refractivity (Wildman–Crippen MR) is 111 cm³/mol. The minimum absolute atomic E-state index is 0.0557. The van der Waals surface area contributed by atoms with Crippen molar-refractivity contribution >= 4 is 17.5 Å². The van der Waals surface area contributed by atoms with Gasteiger partial charge in [0.2, 0.25) is 0 Å². The van der Waals surface area contributed by atoms with Crippen LogP contribution in [0.3, 0.4) is 0 Å². The van der Waals surface area contributed by atoms with Crippen LogP contribution in [0.2, 0.25) is 0 Å². The summed E-state index contributed by atoms with van der Waals surface area (Å²) in [6, 6.07) is 14.8. The average molecular weight is 380 g/mol. The van der Waals surface area contributed by atoms with Crippen molar-refractivity contribution in [3.63, 3.8) is 0 Å². The van der Waals surface area contributed by atoms with Gasteiger partial charge in [0.25, 0.3) is 11.8 Å². The van der Waals surface area contributed by atoms with Crippen LogP contribution in [0.4, 0.5) is 5.69 Å². The standard InChI is InChI=1S/C23H28N2O3/c1-3-18-5-4-6-21(15-18)28-16-22(26)24-20-9-7-19(8-10-20)23(27)25-13-11-17(2)12-14-25/h4-10,15,17H,3,11-14,16H2,1-2H3,(H,24,26). The molecule has 0 saturated carbocycles. The zero-order valence-corrected chi connectivity index (χ0v) is 16.6. The Morgan fingerprint density at radius 2 is 1.82 bits per heavy atom. The summed E-state index contributed by atoms with van der Waals surface area (Å²) in [5, 5.41) is 2.80. The quantitative estimate of drug-likeness (QED) is 0.819. The lowest BCUT2D eigenvalue weighted by atomic mass is 9.98. The molecule has 5 nitrogen and oxygen atoms in total. The second-order valence-corrected chi connectivity index (χ2v) is 7.39. The fourth-order valence-corrected chi connectivity index (χ4v) is 3.29. The summed E-state index contributed by atoms with van der Waals surface area (Å²) in [4.78, 5) is 26.6. The van der Waals surface area contributed by atoms with Gasteiger partial charge in [0.1, 0.15) is 5.75 Å². The fourth-order valence-electron chi connectivity index (χ4n) is 3.29. The number of likely N-dealkylation sites (tertiary alicyclic amines) is 1. The van der Waals surface area contributed by atoms with E-state index >= 15 is 0 Å². The highest BCUT2D eigenvalue weighted by atomic mass is 16.5. The number of hydrogen-bond acceptors (Lipinski definition) is 3. The van der Waals surface area contributed by atoms with E-state index in [1.807, 2.05) is 29.2 Å². The van der Waals surface area contributed by atoms with Gasteiger partial charge in [0.15, 0.2) is 6.61 Å². The Kier molecular flexibility index (Phi) is 6.69. The topological polar surface area (TPSA) is 58.6 Å². The van der Waals surface area contributed by atoms with Gasteiger partial charge in [0, 0.05) is 24.3 Å². The number of rotatable bonds is 6. The first-order valence-electron chi connectivity index (χ1n) is 9.96. The normalized spacial score (nSPS) is 14.6. The van der Waals surface area contributed by atoms with Crippen molar-refractivity contribution < 1.29 is 14.3 Å². The summed E-state index contributed by atoms with van der Waals surface area (Å²) in [5.74, 6) is 1.20. The summed E-state index contributed by atoms with van der Waals surface area (Å²) in [6.07, 6.45) is 3.03. The van der Waals surface area contributed by atoms with Gasteiger partial charge in [-0.3, -0.25) is 9.59 Å². The van der Waals surface area contributed by atoms with Crippen molar-refractivity contribution in [3.8, 4) is 5.75 Å². The molecular weight excluding hydrogens is 352 g/mol. The Labute approximate surface area is 166 Å². The molecule has 148 valence electrons. The van der Waals surface area contributed by atoms with Gasteiger partial charge in [-0.1, -0.05) is 26.0 Å². The first-order chi connectivity index (χ1) is 13.5. The van der Waals surface area contributed by atoms with Crippen LogP contribution in [0.5, 0.6) is 5.75 Å². The number of carbonyl (C=O) groups is 2. The summed E-state index contributed by atoms with van der Waals surface area (Å²) < 4.78 is 5.56. The molecule has 1 saturated heterocycles. The number of carbonyl (C=O) groups excluding carboxylic acids is 2. The van der Waals surface area contributed by atoms with Gasteiger partial charge in [0.05, 0.1) is 0 Å². The van der Waals surface area contributed by atoms with Crippen molar-refractivity contribution in [2.24, 2.45) is 5.92 Å². The van der Waals surface area contributed by atoms with E-state index in [0.717, 1.165) is 32.4 Å². The van der Waals surface area contributed by atoms with Gasteiger partial charge in [-0.25, -0.2) is 0 Å². The average Bonchev–Trinajstić information content (AvgIpc) is 2.73. The number of anilines is 1. The molecule has 1 fully saturated rings. The molecule has 2 amide bonds. The smallest absolute Gasteiger partial charge is 0.262 e. The van der Waals surface area contributed by atoms with Crippen LogP contribution in [0.1, 0.15) is 42.6 Å². The van der Waals surface area contributed by atoms with Crippen molar-refractivity contribution in [2.75, 3.05) is 25.0 Å². The molecule has 0 atom stereocenters. The van der Waals surface area contributed by atoms with Crippen molar-refractivity contribution in [2.45, 2.75) is 33.1 Å². The van der Waals surface area contributed by atoms with E-state index in [1.54, 1.807) is 24.3 Å². The third-order valence-electron chi connectivity index (χ3n) is 5.16. The Balaban J connectivity index is 1.50. The van der Waals surface area contributed by atoms with Crippen molar-refractivity contribution in [1.82, 2.24) is 4.90 Å². The summed E-state index contributed by atoms with van der Waals surface area (Å²) in [5.41, 5.74) is 2.47. The van der Waals surface area contributed by atoms with Crippen LogP contribution >= 0.6 is 0 Å². The Morgan fingerprint density at radius 3 is 2.50 bits per heavy atom. The molecule has 0 radical (unpaired) electrons. The van der Waals surface area contributed by atoms with E-state index in [0.29, 0.717) is 22.9 Å². The number of hydrogen-bond donors (Lipinski definition) is 1. The third-order valence-corrected chi connectivity index (χ3v) is 5.16. The van der Waals surface area contributed by atoms with E-state index in [9.17, 15) is 9.59 Å². The maximum atomic E-state index is 12.6. The fraction of sp³-hybridized carbons (Fsp3) is 0.391. The summed E-state index contributed by atoms with van der Waals surface area (Å²) >= 11 is 0. The van der Waals surface area contributed by atoms with Crippen molar-refractivity contribution in [3.05, 3.63) is 59.7 Å². The first kappa shape index (κ1) is 19.9. The minimum atomic E-state index is -0.231. The number of amides is 2. The molecule has 2 aromatic rings. The van der Waals surface area contributed by atoms with E-state index in [4.69, 9.17) is 4.74 Å². The van der Waals surface area contributed by atoms with Gasteiger partial charge in [-0.05, 0) is 67.1 Å². The minimum Gasteiger partial charge on any atom is -0.484 e. The van der Waals surface area contributed by atoms with Crippen LogP contribution in [0.15, 0.2) is 48.5 Å². The lowest BCUT2D eigenvalue weighted by Gasteiger charge is -2.30. The third kappa shape index (κ3) is 5.35. The van der Waals surface area contributed by atoms with E-state index < -0.39 is 0 Å². The van der Waals surface area contributed by atoms with E-state index in [-0.39, 0.29) is 18.4 Å². The molecule has 1 N–H and O–H groups in total. The van der Waals surface area contributed by atoms with Crippen LogP contribution < -0.4 is 10.1 Å². The number of nitrogens with zero attached hydrogens (tertiary/aromatic N) is 1. The zero-order valence-electron chi connectivity index (χ0n) is 16.6. The zero-order chi connectivity index (χ0) is 19.9. The van der Waals surface area contributed by atoms with Gasteiger partial charge in [-0.2, -0.15) is 0 Å². The highest BCUT2D eigenvalue weighted by Crippen LogP contribution is 2.19. The second-order valence-electron chi connectivity index (χ2n) is 7.39. The molecule has 0 aliphatic carbocycles. The van der Waals surface area contributed by atoms with Crippen LogP contribution in [-0.4, -0.2) is 36.4 Å². The highest BCUT2D eigenvalue weighted by molar-refractivity contribution is 5.96. The predicted octanol–water partition coefficient (Wildman–Crippen LogP) is 4.14. The molecule has 1 aliphatic rings. The molecule has 0 aromatic heterocycles. The molecule has 1 aliphatic heterocycles. The molecule has 1 heterocycles. The molecule has 0 bridgehead atoms. The van der Waals surface area contributed by atoms with E-state index in [2.05, 4.69) is 19.2 Å². The maximum absolute atomic E-state index is 12.6. The number of nitrogens with one attached hydrogen (secondary N) is 1. The van der Waals surface area contributed by atoms with Crippen LogP contribution in [0.25, 0.3) is 0 Å². The van der Waals surface area contributed by atoms with E-state index in [1.165, 1.54) is 5.56 Å². The molecule has 5 heteroatoms. The van der Waals surface area contributed by atoms with Gasteiger partial charge >= 0.3 is 0 Å². The monoisotopic (exact) mass is 380 g/mol. The number of piperidine rings is 1. The maximum Gasteiger partial charge on any atom is 0.262 e. The molecule has 0 unspecified atom stereocenters. The number of ether oxygens (including phenoxy) is 1. The molecule has 2 aromatic carbocycles. The number of aryl methyl sites for hydroxylation is 1. The summed E-state index contributed by atoms with van der Waals surface area (Å²) in [7, 11) is 0. The van der Waals surface area contributed by atoms with Crippen LogP contribution in [0, 0.1) is 5.92 Å². The second kappa shape index (κ2) is 9.40. The SMILES string of the molecule is CCc1cccc(OCC(=O)Nc2ccc(C(=O)N3CCC(C)CC3)cc2)c1. The van der Waals surface area contributed by atoms with Gasteiger partial charge in [-0.15, -0.1) is 0 Å². The van der Waals surface area contributed by atoms with Crippen molar-refractivity contribution in [1.29, 1.82) is 0 Å². The first-order valence-corrected chi connectivity index (χ1v) is 9.96. The Morgan fingerprint density at radius 1 is 1.11 bits per heavy atom. The Bertz CT molecular complexity index is 809. The lowest BCUT2D eigenvalue weighted by Crippen LogP contribution is -2.37. The molecule has 0 spiro atoms. The number of benzene rings is 2. The molecular formula is C23H28N2O3. The van der Waals surface area contributed by atoms with Gasteiger partial charge < -0.3 is 15.0 Å². The molecule has 28 heavy (non-hydrogen) atoms. The lowest BCUT2D eigenvalue weighted by molar-refractivity contribution is -0.118. The largest absolute Gasteiger partial charge is 0.484 e. The summed E-state index contributed by atoms with van der Waals surface area (Å²) in [6.45, 7) is 5.87. The molecule has 3 rings (SSSR count).